The van der Waals surface area contributed by atoms with Crippen molar-refractivity contribution in [3.63, 3.8) is 0 Å². The highest BCUT2D eigenvalue weighted by Gasteiger charge is 2.26. The number of hydrogen-bond donors (Lipinski definition) is 1. The summed E-state index contributed by atoms with van der Waals surface area (Å²) < 4.78 is 4.95. The summed E-state index contributed by atoms with van der Waals surface area (Å²) in [6.45, 7) is 3.49. The maximum atomic E-state index is 12.6. The highest BCUT2D eigenvalue weighted by Crippen LogP contribution is 2.23. The summed E-state index contributed by atoms with van der Waals surface area (Å²) in [4.78, 5) is 26.4. The van der Waals surface area contributed by atoms with E-state index in [1.165, 1.54) is 0 Å². The van der Waals surface area contributed by atoms with Crippen molar-refractivity contribution in [2.24, 2.45) is 5.92 Å². The van der Waals surface area contributed by atoms with Crippen molar-refractivity contribution in [1.82, 2.24) is 10.2 Å². The molecule has 1 amide bonds. The molecule has 2 heterocycles. The Labute approximate surface area is 162 Å². The Morgan fingerprint density at radius 1 is 1.22 bits per heavy atom. The van der Waals surface area contributed by atoms with Crippen molar-refractivity contribution in [1.29, 1.82) is 0 Å². The summed E-state index contributed by atoms with van der Waals surface area (Å²) in [5, 5.41) is 11.2. The first-order chi connectivity index (χ1) is 13.1. The van der Waals surface area contributed by atoms with Gasteiger partial charge in [-0.3, -0.25) is 4.79 Å². The minimum absolute atomic E-state index is 0.0505. The number of halogens is 1. The van der Waals surface area contributed by atoms with Crippen LogP contribution in [0, 0.1) is 5.92 Å². The van der Waals surface area contributed by atoms with Gasteiger partial charge in [-0.05, 0) is 56.2 Å². The largest absolute Gasteiger partial charge is 0.462 e. The lowest BCUT2D eigenvalue weighted by atomic mass is 9.97. The quantitative estimate of drug-likeness (QED) is 0.792. The van der Waals surface area contributed by atoms with Crippen molar-refractivity contribution in [2.45, 2.75) is 19.8 Å². The van der Waals surface area contributed by atoms with Crippen LogP contribution in [0.25, 0.3) is 0 Å². The molecule has 27 heavy (non-hydrogen) atoms. The van der Waals surface area contributed by atoms with Crippen LogP contribution in [0.5, 0.6) is 0 Å². The molecule has 1 fully saturated rings. The van der Waals surface area contributed by atoms with Gasteiger partial charge in [-0.2, -0.15) is 0 Å². The number of esters is 1. The van der Waals surface area contributed by atoms with Crippen LogP contribution >= 0.6 is 11.6 Å². The summed E-state index contributed by atoms with van der Waals surface area (Å²) in [5.74, 6) is 0.143. The first kappa shape index (κ1) is 19.1. The van der Waals surface area contributed by atoms with Crippen LogP contribution in [-0.2, 0) is 9.53 Å². The lowest BCUT2D eigenvalue weighted by Crippen LogP contribution is -2.41. The van der Waals surface area contributed by atoms with Gasteiger partial charge >= 0.3 is 5.97 Å². The Kier molecular flexibility index (Phi) is 6.24. The van der Waals surface area contributed by atoms with Gasteiger partial charge in [-0.25, -0.2) is 4.79 Å². The standard InChI is InChI=1S/C19H21ClN4O3/c1-2-27-19(26)13-5-7-15(8-6-13)21-18(25)14-4-3-11-24(12-14)17-10-9-16(20)22-23-17/h5-10,14H,2-4,11-12H2,1H3,(H,21,25)/t14-/m0/s1. The number of piperidine rings is 1. The van der Waals surface area contributed by atoms with Crippen LogP contribution in [0.4, 0.5) is 11.5 Å². The molecule has 3 rings (SSSR count). The maximum absolute atomic E-state index is 12.6. The Morgan fingerprint density at radius 2 is 2.00 bits per heavy atom. The van der Waals surface area contributed by atoms with E-state index in [2.05, 4.69) is 15.5 Å². The lowest BCUT2D eigenvalue weighted by molar-refractivity contribution is -0.120. The van der Waals surface area contributed by atoms with Gasteiger partial charge in [0, 0.05) is 18.8 Å². The van der Waals surface area contributed by atoms with E-state index in [-0.39, 0.29) is 17.8 Å². The molecule has 1 aliphatic heterocycles. The van der Waals surface area contributed by atoms with E-state index in [1.807, 2.05) is 11.0 Å². The number of carbonyl (C=O) groups excluding carboxylic acids is 2. The zero-order valence-corrected chi connectivity index (χ0v) is 15.8. The highest BCUT2D eigenvalue weighted by molar-refractivity contribution is 6.29. The fourth-order valence-corrected chi connectivity index (χ4v) is 3.13. The van der Waals surface area contributed by atoms with E-state index in [4.69, 9.17) is 16.3 Å². The molecular weight excluding hydrogens is 368 g/mol. The van der Waals surface area contributed by atoms with Gasteiger partial charge in [0.15, 0.2) is 11.0 Å². The van der Waals surface area contributed by atoms with E-state index >= 15 is 0 Å². The summed E-state index contributed by atoms with van der Waals surface area (Å²) in [6.07, 6.45) is 1.70. The van der Waals surface area contributed by atoms with Crippen LogP contribution in [-0.4, -0.2) is 41.8 Å². The molecule has 0 saturated carbocycles. The smallest absolute Gasteiger partial charge is 0.338 e. The van der Waals surface area contributed by atoms with Crippen molar-refractivity contribution in [3.8, 4) is 0 Å². The fourth-order valence-electron chi connectivity index (χ4n) is 3.03. The molecule has 0 spiro atoms. The topological polar surface area (TPSA) is 84.4 Å². The predicted octanol–water partition coefficient (Wildman–Crippen LogP) is 3.16. The molecule has 7 nitrogen and oxygen atoms in total. The Hall–Kier alpha value is -2.67. The first-order valence-electron chi connectivity index (χ1n) is 8.89. The van der Waals surface area contributed by atoms with Crippen molar-refractivity contribution >= 4 is 35.0 Å². The molecule has 1 aromatic carbocycles. The average Bonchev–Trinajstić information content (AvgIpc) is 2.69. The number of amides is 1. The molecule has 0 bridgehead atoms. The molecule has 1 N–H and O–H groups in total. The minimum atomic E-state index is -0.373. The van der Waals surface area contributed by atoms with Crippen LogP contribution in [0.2, 0.25) is 5.15 Å². The van der Waals surface area contributed by atoms with E-state index < -0.39 is 0 Å². The second-order valence-corrected chi connectivity index (χ2v) is 6.67. The van der Waals surface area contributed by atoms with Crippen molar-refractivity contribution < 1.29 is 14.3 Å². The second kappa shape index (κ2) is 8.81. The molecule has 0 unspecified atom stereocenters. The molecule has 1 saturated heterocycles. The van der Waals surface area contributed by atoms with Gasteiger partial charge in [0.2, 0.25) is 5.91 Å². The molecule has 0 aliphatic carbocycles. The van der Waals surface area contributed by atoms with E-state index in [0.717, 1.165) is 25.2 Å². The number of rotatable bonds is 5. The number of nitrogens with one attached hydrogen (secondary N) is 1. The molecule has 1 aliphatic rings. The van der Waals surface area contributed by atoms with Gasteiger partial charge in [0.1, 0.15) is 0 Å². The predicted molar refractivity (Wildman–Crippen MR) is 103 cm³/mol. The Morgan fingerprint density at radius 3 is 2.67 bits per heavy atom. The minimum Gasteiger partial charge on any atom is -0.462 e. The summed E-state index contributed by atoms with van der Waals surface area (Å²) in [7, 11) is 0. The van der Waals surface area contributed by atoms with Gasteiger partial charge in [0.25, 0.3) is 0 Å². The molecule has 142 valence electrons. The van der Waals surface area contributed by atoms with E-state index in [0.29, 0.717) is 29.6 Å². The van der Waals surface area contributed by atoms with Crippen molar-refractivity contribution in [2.75, 3.05) is 29.9 Å². The highest BCUT2D eigenvalue weighted by atomic mass is 35.5. The molecule has 2 aromatic rings. The number of nitrogens with zero attached hydrogens (tertiary/aromatic N) is 3. The zero-order chi connectivity index (χ0) is 19.2. The number of anilines is 2. The third-order valence-electron chi connectivity index (χ3n) is 4.40. The number of benzene rings is 1. The fraction of sp³-hybridized carbons (Fsp3) is 0.368. The van der Waals surface area contributed by atoms with Crippen LogP contribution in [0.1, 0.15) is 30.1 Å². The van der Waals surface area contributed by atoms with Crippen LogP contribution in [0.15, 0.2) is 36.4 Å². The van der Waals surface area contributed by atoms with Gasteiger partial charge < -0.3 is 15.0 Å². The van der Waals surface area contributed by atoms with Gasteiger partial charge in [-0.1, -0.05) is 11.6 Å². The third kappa shape index (κ3) is 4.95. The third-order valence-corrected chi connectivity index (χ3v) is 4.60. The SMILES string of the molecule is CCOC(=O)c1ccc(NC(=O)[C@H]2CCCN(c3ccc(Cl)nn3)C2)cc1. The summed E-state index contributed by atoms with van der Waals surface area (Å²) in [6, 6.07) is 10.2. The Balaban J connectivity index is 1.60. The van der Waals surface area contributed by atoms with Gasteiger partial charge in [-0.15, -0.1) is 10.2 Å². The van der Waals surface area contributed by atoms with E-state index in [1.54, 1.807) is 37.3 Å². The maximum Gasteiger partial charge on any atom is 0.338 e. The Bertz CT molecular complexity index is 796. The first-order valence-corrected chi connectivity index (χ1v) is 9.27. The number of aromatic nitrogens is 2. The van der Waals surface area contributed by atoms with Crippen LogP contribution < -0.4 is 10.2 Å². The second-order valence-electron chi connectivity index (χ2n) is 6.29. The summed E-state index contributed by atoms with van der Waals surface area (Å²) in [5.41, 5.74) is 1.11. The number of ether oxygens (including phenoxy) is 1. The monoisotopic (exact) mass is 388 g/mol. The van der Waals surface area contributed by atoms with Crippen LogP contribution in [0.3, 0.4) is 0 Å². The molecule has 1 atom stereocenters. The van der Waals surface area contributed by atoms with E-state index in [9.17, 15) is 9.59 Å². The summed E-state index contributed by atoms with van der Waals surface area (Å²) >= 11 is 5.78. The number of carbonyl (C=O) groups is 2. The molecular formula is C19H21ClN4O3. The zero-order valence-electron chi connectivity index (χ0n) is 15.0. The molecule has 1 aromatic heterocycles. The molecule has 8 heteroatoms. The van der Waals surface area contributed by atoms with Gasteiger partial charge in [0.05, 0.1) is 18.1 Å². The normalized spacial score (nSPS) is 16.7. The molecule has 0 radical (unpaired) electrons. The lowest BCUT2D eigenvalue weighted by Gasteiger charge is -2.32. The number of hydrogen-bond acceptors (Lipinski definition) is 6. The van der Waals surface area contributed by atoms with Crippen molar-refractivity contribution in [3.05, 3.63) is 47.1 Å². The average molecular weight is 389 g/mol.